The Bertz CT molecular complexity index is 737. The number of hydrogen-bond donors (Lipinski definition) is 2. The number of hydrogen-bond acceptors (Lipinski definition) is 6. The molecule has 0 fully saturated rings. The number of anilines is 1. The summed E-state index contributed by atoms with van der Waals surface area (Å²) in [5.74, 6) is -0.0113. The predicted octanol–water partition coefficient (Wildman–Crippen LogP) is 0.989. The molecule has 0 aliphatic rings. The molecule has 2 aromatic rings. The third kappa shape index (κ3) is 2.68. The van der Waals surface area contributed by atoms with Crippen molar-refractivity contribution in [3.05, 3.63) is 32.9 Å². The molecule has 2 N–H and O–H groups in total. The summed E-state index contributed by atoms with van der Waals surface area (Å²) < 4.78 is 26.1. The molecule has 0 aliphatic heterocycles. The molecular formula is C8H7ClN4O3S2. The van der Waals surface area contributed by atoms with Gasteiger partial charge in [0.1, 0.15) is 5.15 Å². The fraction of sp³-hybridized carbons (Fsp3) is 0.125. The largest absolute Gasteiger partial charge is 0.315 e. The maximum atomic E-state index is 12.0. The van der Waals surface area contributed by atoms with Crippen LogP contribution in [0.2, 0.25) is 5.15 Å². The molecule has 0 saturated carbocycles. The molecule has 0 unspecified atom stereocenters. The fourth-order valence-corrected chi connectivity index (χ4v) is 3.66. The average Bonchev–Trinajstić information content (AvgIpc) is 2.58. The smallest absolute Gasteiger partial charge is 0.306 e. The first-order chi connectivity index (χ1) is 8.38. The summed E-state index contributed by atoms with van der Waals surface area (Å²) in [6.07, 6.45) is 2.49. The molecule has 0 atom stereocenters. The number of halogens is 1. The third-order valence-electron chi connectivity index (χ3n) is 1.87. The molecule has 0 bridgehead atoms. The van der Waals surface area contributed by atoms with E-state index in [1.54, 1.807) is 0 Å². The SMILES string of the molecule is Cc1[nH]c(=O)sc1S(=O)(=O)Nc1cncc(Cl)n1. The van der Waals surface area contributed by atoms with Crippen LogP contribution in [0.1, 0.15) is 5.69 Å². The van der Waals surface area contributed by atoms with Gasteiger partial charge < -0.3 is 4.98 Å². The molecule has 0 saturated heterocycles. The van der Waals surface area contributed by atoms with Crippen molar-refractivity contribution in [1.82, 2.24) is 15.0 Å². The standard InChI is InChI=1S/C8H7ClN4O3S2/c1-4-7(17-8(14)11-4)18(15,16)13-6-3-10-2-5(9)12-6/h2-3H,1H3,(H,11,14)(H,12,13). The Hall–Kier alpha value is -1.45. The van der Waals surface area contributed by atoms with E-state index in [1.165, 1.54) is 19.3 Å². The summed E-state index contributed by atoms with van der Waals surface area (Å²) in [6.45, 7) is 1.50. The quantitative estimate of drug-likeness (QED) is 0.879. The van der Waals surface area contributed by atoms with Crippen LogP contribution in [0.4, 0.5) is 5.82 Å². The summed E-state index contributed by atoms with van der Waals surface area (Å²) in [5.41, 5.74) is 0.271. The van der Waals surface area contributed by atoms with Gasteiger partial charge in [0, 0.05) is 5.69 Å². The van der Waals surface area contributed by atoms with Gasteiger partial charge in [0.05, 0.1) is 12.4 Å². The van der Waals surface area contributed by atoms with E-state index in [2.05, 4.69) is 19.7 Å². The third-order valence-corrected chi connectivity index (χ3v) is 5.01. The highest BCUT2D eigenvalue weighted by Gasteiger charge is 2.21. The van der Waals surface area contributed by atoms with Crippen molar-refractivity contribution < 1.29 is 8.42 Å². The number of nitrogens with zero attached hydrogens (tertiary/aromatic N) is 2. The fourth-order valence-electron chi connectivity index (χ4n) is 1.22. The van der Waals surface area contributed by atoms with Crippen molar-refractivity contribution in [3.8, 4) is 0 Å². The molecule has 2 heterocycles. The van der Waals surface area contributed by atoms with Crippen molar-refractivity contribution >= 4 is 38.8 Å². The van der Waals surface area contributed by atoms with Gasteiger partial charge in [0.2, 0.25) is 0 Å². The van der Waals surface area contributed by atoms with Crippen LogP contribution in [-0.2, 0) is 10.0 Å². The van der Waals surface area contributed by atoms with Crippen LogP contribution in [-0.4, -0.2) is 23.4 Å². The predicted molar refractivity (Wildman–Crippen MR) is 67.5 cm³/mol. The van der Waals surface area contributed by atoms with Crippen LogP contribution < -0.4 is 9.60 Å². The summed E-state index contributed by atoms with van der Waals surface area (Å²) in [5, 5.41) is 0.0641. The lowest BCUT2D eigenvalue weighted by molar-refractivity contribution is 0.602. The minimum Gasteiger partial charge on any atom is -0.315 e. The van der Waals surface area contributed by atoms with Crippen LogP contribution in [0.15, 0.2) is 21.4 Å². The molecule has 0 spiro atoms. The molecule has 18 heavy (non-hydrogen) atoms. The Morgan fingerprint density at radius 1 is 1.44 bits per heavy atom. The zero-order valence-electron chi connectivity index (χ0n) is 8.97. The van der Waals surface area contributed by atoms with Crippen molar-refractivity contribution in [2.75, 3.05) is 4.72 Å². The van der Waals surface area contributed by atoms with Crippen molar-refractivity contribution in [3.63, 3.8) is 0 Å². The molecule has 2 rings (SSSR count). The van der Waals surface area contributed by atoms with E-state index in [4.69, 9.17) is 11.6 Å². The Morgan fingerprint density at radius 3 is 2.72 bits per heavy atom. The molecule has 7 nitrogen and oxygen atoms in total. The number of aryl methyl sites for hydroxylation is 1. The highest BCUT2D eigenvalue weighted by atomic mass is 35.5. The highest BCUT2D eigenvalue weighted by Crippen LogP contribution is 2.19. The molecule has 10 heteroatoms. The summed E-state index contributed by atoms with van der Waals surface area (Å²) in [7, 11) is -3.86. The summed E-state index contributed by atoms with van der Waals surface area (Å²) >= 11 is 6.20. The lowest BCUT2D eigenvalue weighted by Crippen LogP contribution is -2.13. The van der Waals surface area contributed by atoms with Crippen molar-refractivity contribution in [1.29, 1.82) is 0 Å². The van der Waals surface area contributed by atoms with E-state index < -0.39 is 14.9 Å². The first-order valence-electron chi connectivity index (χ1n) is 4.58. The zero-order chi connectivity index (χ0) is 13.3. The minimum atomic E-state index is -3.86. The molecule has 96 valence electrons. The normalized spacial score (nSPS) is 11.4. The average molecular weight is 307 g/mol. The van der Waals surface area contributed by atoms with Gasteiger partial charge in [0.25, 0.3) is 10.0 Å². The van der Waals surface area contributed by atoms with Gasteiger partial charge in [-0.15, -0.1) is 0 Å². The number of rotatable bonds is 3. The van der Waals surface area contributed by atoms with Gasteiger partial charge in [-0.2, -0.15) is 0 Å². The van der Waals surface area contributed by atoms with Crippen LogP contribution in [0, 0.1) is 6.92 Å². The van der Waals surface area contributed by atoms with Crippen LogP contribution in [0.3, 0.4) is 0 Å². The second-order valence-corrected chi connectivity index (χ2v) is 6.51. The van der Waals surface area contributed by atoms with Crippen molar-refractivity contribution in [2.45, 2.75) is 11.1 Å². The minimum absolute atomic E-state index is 0.0113. The second-order valence-electron chi connectivity index (χ2n) is 3.26. The van der Waals surface area contributed by atoms with Gasteiger partial charge >= 0.3 is 4.87 Å². The maximum Gasteiger partial charge on any atom is 0.306 e. The number of sulfonamides is 1. The number of thiazole rings is 1. The number of aromatic amines is 1. The first kappa shape index (κ1) is 13.0. The first-order valence-corrected chi connectivity index (χ1v) is 7.26. The van der Waals surface area contributed by atoms with E-state index in [9.17, 15) is 13.2 Å². The van der Waals surface area contributed by atoms with E-state index in [1.807, 2.05) is 0 Å². The Kier molecular flexibility index (Phi) is 3.37. The Labute approximate surface area is 111 Å². The summed E-state index contributed by atoms with van der Waals surface area (Å²) in [4.78, 5) is 20.5. The van der Waals surface area contributed by atoms with Gasteiger partial charge in [0.15, 0.2) is 10.0 Å². The van der Waals surface area contributed by atoms with Crippen LogP contribution >= 0.6 is 22.9 Å². The molecule has 0 aliphatic carbocycles. The molecular weight excluding hydrogens is 300 g/mol. The zero-order valence-corrected chi connectivity index (χ0v) is 11.4. The van der Waals surface area contributed by atoms with Crippen LogP contribution in [0.25, 0.3) is 0 Å². The van der Waals surface area contributed by atoms with E-state index in [0.717, 1.165) is 0 Å². The lowest BCUT2D eigenvalue weighted by atomic mass is 10.6. The van der Waals surface area contributed by atoms with E-state index in [0.29, 0.717) is 11.3 Å². The van der Waals surface area contributed by atoms with E-state index in [-0.39, 0.29) is 20.9 Å². The maximum absolute atomic E-state index is 12.0. The molecule has 2 aromatic heterocycles. The highest BCUT2D eigenvalue weighted by molar-refractivity contribution is 7.94. The second kappa shape index (κ2) is 4.67. The van der Waals surface area contributed by atoms with Gasteiger partial charge in [-0.3, -0.25) is 14.5 Å². The Balaban J connectivity index is 2.39. The topological polar surface area (TPSA) is 105 Å². The molecule has 0 aromatic carbocycles. The molecule has 0 radical (unpaired) electrons. The monoisotopic (exact) mass is 306 g/mol. The van der Waals surface area contributed by atoms with Crippen molar-refractivity contribution in [2.24, 2.45) is 0 Å². The Morgan fingerprint density at radius 2 is 2.17 bits per heavy atom. The van der Waals surface area contributed by atoms with Gasteiger partial charge in [-0.1, -0.05) is 22.9 Å². The van der Waals surface area contributed by atoms with Gasteiger partial charge in [-0.05, 0) is 6.92 Å². The van der Waals surface area contributed by atoms with Gasteiger partial charge in [-0.25, -0.2) is 13.4 Å². The number of H-pyrrole nitrogens is 1. The summed E-state index contributed by atoms with van der Waals surface area (Å²) in [6, 6.07) is 0. The lowest BCUT2D eigenvalue weighted by Gasteiger charge is -2.05. The van der Waals surface area contributed by atoms with Crippen LogP contribution in [0.5, 0.6) is 0 Å². The van der Waals surface area contributed by atoms with E-state index >= 15 is 0 Å². The molecule has 0 amide bonds. The number of nitrogens with one attached hydrogen (secondary N) is 2. The number of aromatic nitrogens is 3.